The number of nitriles is 1. The van der Waals surface area contributed by atoms with Gasteiger partial charge in [0.05, 0.1) is 35.5 Å². The molecule has 6 heterocycles. The van der Waals surface area contributed by atoms with Gasteiger partial charge in [-0.1, -0.05) is 11.6 Å². The summed E-state index contributed by atoms with van der Waals surface area (Å²) in [7, 11) is 1.79. The molecule has 4 fully saturated rings. The number of amides is 2. The summed E-state index contributed by atoms with van der Waals surface area (Å²) in [6.45, 7) is 7.05. The fourth-order valence-corrected chi connectivity index (χ4v) is 12.7. The lowest BCUT2D eigenvalue weighted by Gasteiger charge is -2.56. The van der Waals surface area contributed by atoms with E-state index in [-0.39, 0.29) is 35.6 Å². The predicted octanol–water partition coefficient (Wildman–Crippen LogP) is 8.73. The molecular weight excluding hydrogens is 926 g/mol. The molecule has 15 nitrogen and oxygen atoms in total. The number of benzene rings is 2. The Morgan fingerprint density at radius 2 is 1.72 bits per heavy atom. The van der Waals surface area contributed by atoms with Crippen LogP contribution in [0.5, 0.6) is 5.75 Å². The van der Waals surface area contributed by atoms with Crippen molar-refractivity contribution < 1.29 is 23.1 Å². The molecule has 6 aliphatic rings. The molecule has 0 atom stereocenters. The van der Waals surface area contributed by atoms with Crippen molar-refractivity contribution in [2.45, 2.75) is 128 Å². The van der Waals surface area contributed by atoms with E-state index in [1.54, 1.807) is 61.4 Å². The maximum atomic E-state index is 14.8. The highest BCUT2D eigenvalue weighted by Gasteiger charge is 2.49. The summed E-state index contributed by atoms with van der Waals surface area (Å²) in [6.07, 6.45) is 13.2. The largest absolute Gasteiger partial charge is 0.490 e. The van der Waals surface area contributed by atoms with Crippen molar-refractivity contribution in [1.82, 2.24) is 44.9 Å². The first-order valence-electron chi connectivity index (χ1n) is 25.5. The Morgan fingerprint density at radius 1 is 0.930 bits per heavy atom. The number of aryl methyl sites for hydroxylation is 2. The molecule has 18 heteroatoms. The number of aromatic nitrogens is 6. The second kappa shape index (κ2) is 19.5. The molecule has 11 rings (SSSR count). The Labute approximate surface area is 418 Å². The van der Waals surface area contributed by atoms with Crippen molar-refractivity contribution in [3.05, 3.63) is 93.5 Å². The number of carbonyl (C=O) groups excluding carboxylic acids is 2. The molecule has 71 heavy (non-hydrogen) atoms. The number of hydrogen-bond acceptors (Lipinski definition) is 11. The first kappa shape index (κ1) is 47.2. The number of rotatable bonds is 10. The van der Waals surface area contributed by atoms with Gasteiger partial charge in [-0.3, -0.25) is 23.9 Å². The number of nitrogens with zero attached hydrogens (tertiary/aromatic N) is 11. The third-order valence-electron chi connectivity index (χ3n) is 16.5. The SMILES string of the molecule is CC(=O)N1CCc2c(c(N3CCCc4cc(-c5cnn(C)c5)c(C(F)F)cc43)nn2C2CCC3(CC2)CC(N2CCN(c4ccc(C(=O)NC5CCC(Oc6ccc(C#N)c(Cl)c6)CC5)nn4)CC2)C3)C1. The minimum Gasteiger partial charge on any atom is -0.490 e. The quantitative estimate of drug-likeness (QED) is 0.143. The summed E-state index contributed by atoms with van der Waals surface area (Å²) in [5.74, 6) is 2.06. The number of alkyl halides is 2. The fourth-order valence-electron chi connectivity index (χ4n) is 12.5. The van der Waals surface area contributed by atoms with Crippen LogP contribution < -0.4 is 19.9 Å². The molecule has 0 bridgehead atoms. The van der Waals surface area contributed by atoms with Crippen molar-refractivity contribution in [2.75, 3.05) is 49.1 Å². The van der Waals surface area contributed by atoms with Crippen LogP contribution >= 0.6 is 11.6 Å². The van der Waals surface area contributed by atoms with E-state index >= 15 is 0 Å². The minimum atomic E-state index is -2.65. The molecule has 5 aromatic rings. The molecule has 1 spiro atoms. The van der Waals surface area contributed by atoms with Gasteiger partial charge in [-0.05, 0) is 130 Å². The number of anilines is 3. The van der Waals surface area contributed by atoms with Gasteiger partial charge in [0.2, 0.25) is 5.91 Å². The Hall–Kier alpha value is -6.12. The number of fused-ring (bicyclic) bond motifs is 2. The van der Waals surface area contributed by atoms with Gasteiger partial charge in [-0.25, -0.2) is 8.78 Å². The number of carbonyl (C=O) groups is 2. The van der Waals surface area contributed by atoms with Crippen molar-refractivity contribution in [2.24, 2.45) is 12.5 Å². The van der Waals surface area contributed by atoms with Crippen molar-refractivity contribution in [3.8, 4) is 22.9 Å². The van der Waals surface area contributed by atoms with Gasteiger partial charge < -0.3 is 24.8 Å². The maximum Gasteiger partial charge on any atom is 0.272 e. The number of ether oxygens (including phenoxy) is 1. The summed E-state index contributed by atoms with van der Waals surface area (Å²) in [5.41, 5.74) is 6.33. The van der Waals surface area contributed by atoms with Crippen molar-refractivity contribution >= 4 is 40.7 Å². The molecule has 3 aromatic heterocycles. The summed E-state index contributed by atoms with van der Waals surface area (Å²) in [5, 5.41) is 31.2. The molecule has 0 radical (unpaired) electrons. The van der Waals surface area contributed by atoms with Gasteiger partial charge in [0.15, 0.2) is 17.3 Å². The molecule has 1 saturated heterocycles. The van der Waals surface area contributed by atoms with Crippen LogP contribution in [0.4, 0.5) is 26.1 Å². The number of hydrogen-bond donors (Lipinski definition) is 1. The van der Waals surface area contributed by atoms with Gasteiger partial charge in [0.1, 0.15) is 11.8 Å². The topological polar surface area (TPSA) is 154 Å². The van der Waals surface area contributed by atoms with Crippen LogP contribution in [-0.4, -0.2) is 109 Å². The summed E-state index contributed by atoms with van der Waals surface area (Å²) < 4.78 is 39.6. The van der Waals surface area contributed by atoms with E-state index in [4.69, 9.17) is 26.7 Å². The highest BCUT2D eigenvalue weighted by Crippen LogP contribution is 2.56. The second-order valence-corrected chi connectivity index (χ2v) is 21.2. The van der Waals surface area contributed by atoms with Crippen LogP contribution in [0.2, 0.25) is 5.02 Å². The normalized spacial score (nSPS) is 24.5. The van der Waals surface area contributed by atoms with Crippen molar-refractivity contribution in [1.29, 1.82) is 5.26 Å². The number of piperazine rings is 1. The standard InChI is InChI=1S/C53H61ClF2N12O3/c1-33(69)66-19-15-47-44(32-66)51(67-18-3-4-34-24-42(36-30-58-63(2)31-36)43(50(55)56)26-48(34)67)62-68(47)38-13-16-53(17-14-38)27-39(28-53)64-20-22-65(23-21-64)49-12-11-46(60-61-49)52(70)59-37-6-9-40(10-7-37)71-41-8-5-35(29-57)45(54)25-41/h5,8,11-12,24-26,30-31,37-40,50H,3-4,6-7,9-10,13-23,27-28,32H2,1-2H3,(H,59,70). The lowest BCUT2D eigenvalue weighted by molar-refractivity contribution is -0.129. The van der Waals surface area contributed by atoms with Crippen LogP contribution in [-0.2, 0) is 31.2 Å². The maximum absolute atomic E-state index is 14.8. The molecule has 0 unspecified atom stereocenters. The van der Waals surface area contributed by atoms with Gasteiger partial charge >= 0.3 is 0 Å². The first-order valence-corrected chi connectivity index (χ1v) is 25.9. The van der Waals surface area contributed by atoms with E-state index in [1.165, 1.54) is 18.5 Å². The van der Waals surface area contributed by atoms with E-state index in [9.17, 15) is 18.4 Å². The third kappa shape index (κ3) is 9.45. The fraction of sp³-hybridized carbons (Fsp3) is 0.528. The van der Waals surface area contributed by atoms with Gasteiger partial charge in [-0.15, -0.1) is 10.2 Å². The van der Waals surface area contributed by atoms with Crippen LogP contribution in [0.15, 0.2) is 54.9 Å². The smallest absolute Gasteiger partial charge is 0.272 e. The Balaban J connectivity index is 0.677. The average molecular weight is 988 g/mol. The zero-order valence-electron chi connectivity index (χ0n) is 40.5. The van der Waals surface area contributed by atoms with E-state index < -0.39 is 6.43 Å². The van der Waals surface area contributed by atoms with E-state index in [2.05, 4.69) is 46.1 Å². The number of halogens is 3. The Morgan fingerprint density at radius 3 is 2.39 bits per heavy atom. The predicted molar refractivity (Wildman–Crippen MR) is 265 cm³/mol. The van der Waals surface area contributed by atoms with Crippen molar-refractivity contribution in [3.63, 3.8) is 0 Å². The zero-order chi connectivity index (χ0) is 49.0. The second-order valence-electron chi connectivity index (χ2n) is 20.8. The Bertz CT molecular complexity index is 2830. The summed E-state index contributed by atoms with van der Waals surface area (Å²) in [4.78, 5) is 34.8. The van der Waals surface area contributed by atoms with Gasteiger partial charge in [-0.2, -0.15) is 15.5 Å². The van der Waals surface area contributed by atoms with Crippen LogP contribution in [0.1, 0.15) is 128 Å². The summed E-state index contributed by atoms with van der Waals surface area (Å²) >= 11 is 6.18. The lowest BCUT2D eigenvalue weighted by atomic mass is 9.57. The molecule has 2 amide bonds. The van der Waals surface area contributed by atoms with Crippen LogP contribution in [0.3, 0.4) is 0 Å². The highest BCUT2D eigenvalue weighted by atomic mass is 35.5. The average Bonchev–Trinajstić information content (AvgIpc) is 3.99. The highest BCUT2D eigenvalue weighted by molar-refractivity contribution is 6.31. The minimum absolute atomic E-state index is 0.00428. The molecule has 1 N–H and O–H groups in total. The first-order chi connectivity index (χ1) is 34.4. The monoisotopic (exact) mass is 986 g/mol. The van der Waals surface area contributed by atoms with E-state index in [1.807, 2.05) is 17.0 Å². The number of nitrogens with one attached hydrogen (secondary N) is 1. The van der Waals surface area contributed by atoms with Crippen LogP contribution in [0.25, 0.3) is 11.1 Å². The molecule has 372 valence electrons. The van der Waals surface area contributed by atoms with Gasteiger partial charge in [0.25, 0.3) is 12.3 Å². The van der Waals surface area contributed by atoms with Gasteiger partial charge in [0, 0.05) is 112 Å². The van der Waals surface area contributed by atoms with E-state index in [0.717, 1.165) is 125 Å². The zero-order valence-corrected chi connectivity index (χ0v) is 41.3. The lowest BCUT2D eigenvalue weighted by Crippen LogP contribution is -2.57. The molecule has 3 saturated carbocycles. The third-order valence-corrected chi connectivity index (χ3v) is 16.8. The summed E-state index contributed by atoms with van der Waals surface area (Å²) in [6, 6.07) is 15.3. The van der Waals surface area contributed by atoms with Crippen LogP contribution in [0, 0.1) is 16.7 Å². The molecular formula is C53H61ClF2N12O3. The molecule has 3 aliphatic carbocycles. The van der Waals surface area contributed by atoms with E-state index in [0.29, 0.717) is 64.2 Å². The molecule has 3 aliphatic heterocycles. The Kier molecular flexibility index (Phi) is 13.0. The molecule has 2 aromatic carbocycles.